The van der Waals surface area contributed by atoms with Crippen molar-refractivity contribution in [1.82, 2.24) is 5.32 Å². The van der Waals surface area contributed by atoms with E-state index in [1.165, 1.54) is 6.08 Å². The number of nitrogens with zero attached hydrogens (tertiary/aromatic N) is 1. The molecule has 11 heavy (non-hydrogen) atoms. The number of halogens is 1. The Hall–Kier alpha value is -1.12. The number of aliphatic imine (C=N–C) groups is 1. The number of hydrogen-bond acceptors (Lipinski definition) is 2. The summed E-state index contributed by atoms with van der Waals surface area (Å²) in [5.41, 5.74) is 0. The third-order valence-corrected chi connectivity index (χ3v) is 1.55. The Labute approximate surface area is 65.5 Å². The second-order valence-corrected chi connectivity index (χ2v) is 2.31. The van der Waals surface area contributed by atoms with Gasteiger partial charge in [0, 0.05) is 0 Å². The van der Waals surface area contributed by atoms with E-state index in [1.54, 1.807) is 6.34 Å². The quantitative estimate of drug-likeness (QED) is 0.597. The van der Waals surface area contributed by atoms with Gasteiger partial charge in [0.2, 0.25) is 0 Å². The minimum absolute atomic E-state index is 0.0174. The molecule has 1 N–H and O–H groups in total. The van der Waals surface area contributed by atoms with Crippen molar-refractivity contribution in [2.45, 2.75) is 19.0 Å². The van der Waals surface area contributed by atoms with Gasteiger partial charge in [0.05, 0.1) is 24.8 Å². The van der Waals surface area contributed by atoms with E-state index in [0.29, 0.717) is 6.33 Å². The molecule has 0 bridgehead atoms. The van der Waals surface area contributed by atoms with E-state index in [4.69, 9.17) is 0 Å². The first-order valence-electron chi connectivity index (χ1n) is 3.56. The highest BCUT2D eigenvalue weighted by molar-refractivity contribution is 5.59. The zero-order valence-corrected chi connectivity index (χ0v) is 6.37. The lowest BCUT2D eigenvalue weighted by atomic mass is 10.1. The van der Waals surface area contributed by atoms with Crippen molar-refractivity contribution in [1.29, 1.82) is 0 Å². The molecule has 0 saturated carbocycles. The van der Waals surface area contributed by atoms with Crippen LogP contribution >= 0.6 is 0 Å². The molecule has 0 radical (unpaired) electrons. The van der Waals surface area contributed by atoms with Gasteiger partial charge in [0.1, 0.15) is 0 Å². The third-order valence-electron chi connectivity index (χ3n) is 1.55. The Kier molecular flexibility index (Phi) is 2.83. The third kappa shape index (κ3) is 1.90. The largest absolute Gasteiger partial charge is 0.368 e. The molecule has 0 fully saturated rings. The summed E-state index contributed by atoms with van der Waals surface area (Å²) in [4.78, 5) is 4.08. The maximum absolute atomic E-state index is 11.8. The lowest BCUT2D eigenvalue weighted by Gasteiger charge is -2.08. The summed E-state index contributed by atoms with van der Waals surface area (Å²) in [6.45, 7) is 1.92. The predicted molar refractivity (Wildman–Crippen MR) is 44.3 cm³/mol. The van der Waals surface area contributed by atoms with Gasteiger partial charge < -0.3 is 5.32 Å². The fourth-order valence-electron chi connectivity index (χ4n) is 1.02. The number of hydrogen-bond donors (Lipinski definition) is 1. The van der Waals surface area contributed by atoms with Crippen molar-refractivity contribution in [3.63, 3.8) is 0 Å². The van der Waals surface area contributed by atoms with Crippen LogP contribution in [0.5, 0.6) is 0 Å². The minimum Gasteiger partial charge on any atom is -0.368 e. The fraction of sp³-hybridized carbons (Fsp3) is 0.375. The lowest BCUT2D eigenvalue weighted by molar-refractivity contribution is 0.662. The zero-order chi connectivity index (χ0) is 8.10. The van der Waals surface area contributed by atoms with Crippen LogP contribution in [0, 0.1) is 0 Å². The van der Waals surface area contributed by atoms with Crippen LogP contribution in [0.15, 0.2) is 29.6 Å². The smallest absolute Gasteiger partial charge is 0.0935 e. The number of rotatable bonds is 2. The van der Waals surface area contributed by atoms with Crippen molar-refractivity contribution in [3.05, 3.63) is 24.6 Å². The van der Waals surface area contributed by atoms with E-state index < -0.39 is 0 Å². The van der Waals surface area contributed by atoms with Gasteiger partial charge >= 0.3 is 0 Å². The van der Waals surface area contributed by atoms with Crippen LogP contribution in [0.2, 0.25) is 0 Å². The SMILES string of the molecule is C/C=C/C1N=CNC1/C=C/F. The van der Waals surface area contributed by atoms with Gasteiger partial charge in [-0.25, -0.2) is 4.39 Å². The molecule has 0 spiro atoms. The van der Waals surface area contributed by atoms with Crippen molar-refractivity contribution in [2.75, 3.05) is 0 Å². The molecule has 1 aliphatic rings. The van der Waals surface area contributed by atoms with Crippen LogP contribution < -0.4 is 5.32 Å². The van der Waals surface area contributed by atoms with Crippen LogP contribution in [0.3, 0.4) is 0 Å². The molecule has 60 valence electrons. The van der Waals surface area contributed by atoms with Gasteiger partial charge in [-0.05, 0) is 13.0 Å². The number of allylic oxidation sites excluding steroid dienone is 1. The predicted octanol–water partition coefficient (Wildman–Crippen LogP) is 1.41. The molecule has 0 saturated heterocycles. The summed E-state index contributed by atoms with van der Waals surface area (Å²) in [5, 5.41) is 2.92. The average molecular weight is 154 g/mol. The summed E-state index contributed by atoms with van der Waals surface area (Å²) >= 11 is 0. The molecule has 0 amide bonds. The van der Waals surface area contributed by atoms with E-state index in [9.17, 15) is 4.39 Å². The van der Waals surface area contributed by atoms with Crippen molar-refractivity contribution in [3.8, 4) is 0 Å². The molecule has 1 aliphatic heterocycles. The highest BCUT2D eigenvalue weighted by Gasteiger charge is 2.17. The Morgan fingerprint density at radius 2 is 2.36 bits per heavy atom. The first kappa shape index (κ1) is 7.98. The highest BCUT2D eigenvalue weighted by Crippen LogP contribution is 2.06. The molecule has 2 atom stereocenters. The van der Waals surface area contributed by atoms with Gasteiger partial charge in [-0.1, -0.05) is 12.2 Å². The standard InChI is InChI=1S/C8H11FN2/c1-2-3-7-8(4-5-9)11-6-10-7/h2-8H,1H3,(H,10,11)/b3-2+,5-4+. The van der Waals surface area contributed by atoms with E-state index in [2.05, 4.69) is 10.3 Å². The summed E-state index contributed by atoms with van der Waals surface area (Å²) in [7, 11) is 0. The summed E-state index contributed by atoms with van der Waals surface area (Å²) < 4.78 is 11.8. The van der Waals surface area contributed by atoms with E-state index in [0.717, 1.165) is 0 Å². The summed E-state index contributed by atoms with van der Waals surface area (Å²) in [6, 6.07) is 0.0307. The maximum Gasteiger partial charge on any atom is 0.0935 e. The second-order valence-electron chi connectivity index (χ2n) is 2.31. The van der Waals surface area contributed by atoms with Crippen LogP contribution in [-0.4, -0.2) is 18.4 Å². The molecule has 0 aromatic heterocycles. The van der Waals surface area contributed by atoms with Crippen molar-refractivity contribution >= 4 is 6.34 Å². The van der Waals surface area contributed by atoms with Crippen molar-refractivity contribution in [2.24, 2.45) is 4.99 Å². The van der Waals surface area contributed by atoms with E-state index >= 15 is 0 Å². The van der Waals surface area contributed by atoms with E-state index in [1.807, 2.05) is 19.1 Å². The van der Waals surface area contributed by atoms with Gasteiger partial charge in [-0.2, -0.15) is 0 Å². The average Bonchev–Trinajstić information content (AvgIpc) is 2.39. The molecule has 1 heterocycles. The molecule has 0 aromatic rings. The molecule has 2 unspecified atom stereocenters. The van der Waals surface area contributed by atoms with E-state index in [-0.39, 0.29) is 12.1 Å². The van der Waals surface area contributed by atoms with Crippen LogP contribution in [0.4, 0.5) is 4.39 Å². The molecule has 0 aromatic carbocycles. The first-order chi connectivity index (χ1) is 5.38. The Bertz CT molecular complexity index is 196. The monoisotopic (exact) mass is 154 g/mol. The lowest BCUT2D eigenvalue weighted by Crippen LogP contribution is -2.28. The number of nitrogens with one attached hydrogen (secondary N) is 1. The van der Waals surface area contributed by atoms with Crippen LogP contribution in [-0.2, 0) is 0 Å². The molecule has 2 nitrogen and oxygen atoms in total. The first-order valence-corrected chi connectivity index (χ1v) is 3.56. The molecular weight excluding hydrogens is 143 g/mol. The van der Waals surface area contributed by atoms with Crippen LogP contribution in [0.1, 0.15) is 6.92 Å². The molecule has 1 rings (SSSR count). The summed E-state index contributed by atoms with van der Waals surface area (Å²) in [6.07, 6.45) is 7.45. The summed E-state index contributed by atoms with van der Waals surface area (Å²) in [5.74, 6) is 0. The van der Waals surface area contributed by atoms with Gasteiger partial charge in [-0.15, -0.1) is 0 Å². The van der Waals surface area contributed by atoms with Gasteiger partial charge in [0.15, 0.2) is 0 Å². The van der Waals surface area contributed by atoms with Gasteiger partial charge in [0.25, 0.3) is 0 Å². The Balaban J connectivity index is 2.56. The highest BCUT2D eigenvalue weighted by atomic mass is 19.1. The topological polar surface area (TPSA) is 24.4 Å². The minimum atomic E-state index is -0.0174. The molecule has 0 aliphatic carbocycles. The Morgan fingerprint density at radius 1 is 1.55 bits per heavy atom. The molecular formula is C8H11FN2. The maximum atomic E-state index is 11.8. The fourth-order valence-corrected chi connectivity index (χ4v) is 1.02. The normalized spacial score (nSPS) is 30.4. The van der Waals surface area contributed by atoms with Crippen molar-refractivity contribution < 1.29 is 4.39 Å². The van der Waals surface area contributed by atoms with Crippen LogP contribution in [0.25, 0.3) is 0 Å². The van der Waals surface area contributed by atoms with Gasteiger partial charge in [-0.3, -0.25) is 4.99 Å². The second kappa shape index (κ2) is 3.91. The Morgan fingerprint density at radius 3 is 3.00 bits per heavy atom. The zero-order valence-electron chi connectivity index (χ0n) is 6.37. The molecule has 3 heteroatoms.